The van der Waals surface area contributed by atoms with Gasteiger partial charge in [0.2, 0.25) is 0 Å². The summed E-state index contributed by atoms with van der Waals surface area (Å²) in [5.41, 5.74) is -3.22. The van der Waals surface area contributed by atoms with Crippen LogP contribution in [0.15, 0.2) is 23.2 Å². The molecule has 23 heavy (non-hydrogen) atoms. The van der Waals surface area contributed by atoms with Gasteiger partial charge in [0.05, 0.1) is 16.3 Å². The van der Waals surface area contributed by atoms with Crippen LogP contribution in [0.4, 0.5) is 18.9 Å². The molecule has 0 atom stereocenters. The molecule has 0 saturated heterocycles. The van der Waals surface area contributed by atoms with Crippen LogP contribution >= 0.6 is 11.6 Å². The summed E-state index contributed by atoms with van der Waals surface area (Å²) in [7, 11) is -4.92. The van der Waals surface area contributed by atoms with Crippen molar-refractivity contribution in [2.75, 3.05) is 4.90 Å². The third kappa shape index (κ3) is 3.19. The predicted octanol–water partition coefficient (Wildman–Crippen LogP) is 2.73. The fourth-order valence-electron chi connectivity index (χ4n) is 1.97. The van der Waals surface area contributed by atoms with Gasteiger partial charge in [-0.25, -0.2) is 4.99 Å². The zero-order valence-corrected chi connectivity index (χ0v) is 13.3. The Morgan fingerprint density at radius 2 is 1.87 bits per heavy atom. The lowest BCUT2D eigenvalue weighted by Gasteiger charge is -2.21. The molecule has 1 aromatic carbocycles. The average molecular weight is 371 g/mol. The summed E-state index contributed by atoms with van der Waals surface area (Å²) in [6.07, 6.45) is -4.80. The number of nitrogens with zero attached hydrogens (tertiary/aromatic N) is 2. The van der Waals surface area contributed by atoms with Gasteiger partial charge in [0.1, 0.15) is 5.54 Å². The van der Waals surface area contributed by atoms with E-state index in [0.717, 1.165) is 12.1 Å². The SMILES string of the molecule is CC1(C)N=C(S(=O)(=O)O)N(c2ccc(Cl)c(C(F)(F)F)c2)C1=O. The molecule has 0 radical (unpaired) electrons. The number of halogens is 4. The molecule has 1 aliphatic rings. The maximum Gasteiger partial charge on any atom is 0.417 e. The van der Waals surface area contributed by atoms with Crippen LogP contribution in [0.25, 0.3) is 0 Å². The van der Waals surface area contributed by atoms with Crippen molar-refractivity contribution in [2.45, 2.75) is 25.6 Å². The van der Waals surface area contributed by atoms with Crippen molar-refractivity contribution in [3.05, 3.63) is 28.8 Å². The van der Waals surface area contributed by atoms with Gasteiger partial charge in [0, 0.05) is 0 Å². The van der Waals surface area contributed by atoms with E-state index < -0.39 is 49.2 Å². The number of hydrogen-bond acceptors (Lipinski definition) is 4. The Bertz CT molecular complexity index is 818. The van der Waals surface area contributed by atoms with E-state index in [9.17, 15) is 30.9 Å². The molecule has 0 spiro atoms. The molecule has 2 rings (SSSR count). The Labute approximate surface area is 134 Å². The van der Waals surface area contributed by atoms with Crippen LogP contribution in [0.1, 0.15) is 19.4 Å². The zero-order valence-electron chi connectivity index (χ0n) is 11.7. The second kappa shape index (κ2) is 5.18. The molecule has 0 bridgehead atoms. The highest BCUT2D eigenvalue weighted by atomic mass is 35.5. The van der Waals surface area contributed by atoms with Gasteiger partial charge in [0.25, 0.3) is 11.1 Å². The molecule has 1 heterocycles. The van der Waals surface area contributed by atoms with Crippen LogP contribution in [-0.4, -0.2) is 29.6 Å². The van der Waals surface area contributed by atoms with E-state index in [1.54, 1.807) is 0 Å². The van der Waals surface area contributed by atoms with E-state index in [2.05, 4.69) is 4.99 Å². The molecular weight excluding hydrogens is 361 g/mol. The molecule has 1 amide bonds. The minimum atomic E-state index is -4.92. The van der Waals surface area contributed by atoms with Crippen LogP contribution in [0.5, 0.6) is 0 Å². The first-order chi connectivity index (χ1) is 10.2. The highest BCUT2D eigenvalue weighted by Gasteiger charge is 2.47. The Kier molecular flexibility index (Phi) is 3.99. The first-order valence-corrected chi connectivity index (χ1v) is 7.85. The number of anilines is 1. The van der Waals surface area contributed by atoms with Gasteiger partial charge in [-0.05, 0) is 32.0 Å². The lowest BCUT2D eigenvalue weighted by atomic mass is 10.1. The number of aliphatic imine (C=N–C) groups is 1. The molecule has 0 aromatic heterocycles. The van der Waals surface area contributed by atoms with Gasteiger partial charge >= 0.3 is 16.3 Å². The molecule has 6 nitrogen and oxygen atoms in total. The van der Waals surface area contributed by atoms with Crippen molar-refractivity contribution in [2.24, 2.45) is 4.99 Å². The van der Waals surface area contributed by atoms with E-state index >= 15 is 0 Å². The lowest BCUT2D eigenvalue weighted by Crippen LogP contribution is -2.41. The van der Waals surface area contributed by atoms with Gasteiger partial charge in [0.15, 0.2) is 0 Å². The third-order valence-corrected chi connectivity index (χ3v) is 4.10. The van der Waals surface area contributed by atoms with Crippen LogP contribution in [0.3, 0.4) is 0 Å². The van der Waals surface area contributed by atoms with Gasteiger partial charge in [-0.3, -0.25) is 14.2 Å². The fraction of sp³-hybridized carbons (Fsp3) is 0.333. The Morgan fingerprint density at radius 3 is 2.35 bits per heavy atom. The first kappa shape index (κ1) is 17.7. The third-order valence-electron chi connectivity index (χ3n) is 3.04. The first-order valence-electron chi connectivity index (χ1n) is 6.04. The monoisotopic (exact) mass is 370 g/mol. The molecule has 0 fully saturated rings. The van der Waals surface area contributed by atoms with Crippen LogP contribution in [-0.2, 0) is 21.1 Å². The molecular formula is C12H10ClF3N2O4S. The van der Waals surface area contributed by atoms with Crippen molar-refractivity contribution in [1.82, 2.24) is 0 Å². The smallest absolute Gasteiger partial charge is 0.279 e. The van der Waals surface area contributed by atoms with Gasteiger partial charge in [-0.2, -0.15) is 21.6 Å². The molecule has 0 aliphatic carbocycles. The molecule has 0 unspecified atom stereocenters. The van der Waals surface area contributed by atoms with E-state index in [-0.39, 0.29) is 0 Å². The number of hydrogen-bond donors (Lipinski definition) is 1. The second-order valence-corrected chi connectivity index (χ2v) is 6.95. The summed E-state index contributed by atoms with van der Waals surface area (Å²) in [4.78, 5) is 16.3. The minimum Gasteiger partial charge on any atom is -0.279 e. The van der Waals surface area contributed by atoms with Gasteiger partial charge in [-0.1, -0.05) is 11.6 Å². The largest absolute Gasteiger partial charge is 0.417 e. The molecule has 126 valence electrons. The number of benzene rings is 1. The highest BCUT2D eigenvalue weighted by molar-refractivity contribution is 8.01. The molecule has 1 aromatic rings. The maximum atomic E-state index is 12.9. The number of carbonyl (C=O) groups is 1. The highest BCUT2D eigenvalue weighted by Crippen LogP contribution is 2.38. The summed E-state index contributed by atoms with van der Waals surface area (Å²) < 4.78 is 70.7. The Morgan fingerprint density at radius 1 is 1.30 bits per heavy atom. The fourth-order valence-corrected chi connectivity index (χ4v) is 2.96. The minimum absolute atomic E-state index is 0.418. The van der Waals surface area contributed by atoms with E-state index in [1.807, 2.05) is 0 Å². The van der Waals surface area contributed by atoms with Crippen molar-refractivity contribution >= 4 is 38.5 Å². The van der Waals surface area contributed by atoms with Crippen molar-refractivity contribution in [1.29, 1.82) is 0 Å². The topological polar surface area (TPSA) is 87.0 Å². The standard InChI is InChI=1S/C12H10ClF3N2O4S/c1-11(2)9(19)18(10(17-11)23(20,21)22)6-3-4-8(13)7(5-6)12(14,15)16/h3-5H,1-2H3,(H,20,21,22). The summed E-state index contributed by atoms with van der Waals surface area (Å²) in [5, 5.41) is -1.65. The van der Waals surface area contributed by atoms with Crippen LogP contribution in [0, 0.1) is 0 Å². The number of rotatable bonds is 1. The number of amides is 1. The predicted molar refractivity (Wildman–Crippen MR) is 77.0 cm³/mol. The summed E-state index contributed by atoms with van der Waals surface area (Å²) in [6.45, 7) is 2.53. The van der Waals surface area contributed by atoms with Crippen LogP contribution in [0.2, 0.25) is 5.02 Å². The lowest BCUT2D eigenvalue weighted by molar-refractivity contribution is -0.137. The number of alkyl halides is 3. The number of carbonyl (C=O) groups excluding carboxylic acids is 1. The summed E-state index contributed by atoms with van der Waals surface area (Å²) in [6, 6.07) is 2.42. The molecule has 1 aliphatic heterocycles. The normalized spacial score (nSPS) is 18.3. The molecule has 0 saturated carbocycles. The summed E-state index contributed by atoms with van der Waals surface area (Å²) >= 11 is 5.48. The van der Waals surface area contributed by atoms with E-state index in [1.165, 1.54) is 13.8 Å². The van der Waals surface area contributed by atoms with Crippen molar-refractivity contribution < 1.29 is 30.9 Å². The van der Waals surface area contributed by atoms with Crippen molar-refractivity contribution in [3.63, 3.8) is 0 Å². The zero-order chi connectivity index (χ0) is 17.8. The van der Waals surface area contributed by atoms with Crippen LogP contribution < -0.4 is 4.90 Å². The van der Waals surface area contributed by atoms with Gasteiger partial charge < -0.3 is 0 Å². The molecule has 11 heteroatoms. The molecule has 1 N–H and O–H groups in total. The van der Waals surface area contributed by atoms with E-state index in [0.29, 0.717) is 11.0 Å². The quantitative estimate of drug-likeness (QED) is 0.770. The number of amidine groups is 1. The Balaban J connectivity index is 2.66. The second-order valence-electron chi connectivity index (χ2n) is 5.23. The van der Waals surface area contributed by atoms with Gasteiger partial charge in [-0.15, -0.1) is 0 Å². The van der Waals surface area contributed by atoms with E-state index in [4.69, 9.17) is 11.6 Å². The maximum absolute atomic E-state index is 12.9. The average Bonchev–Trinajstić information content (AvgIpc) is 2.60. The van der Waals surface area contributed by atoms with Crippen molar-refractivity contribution in [3.8, 4) is 0 Å². The summed E-state index contributed by atoms with van der Waals surface area (Å²) in [5.74, 6) is -0.902. The Hall–Kier alpha value is -1.65.